The molecule has 6 nitrogen and oxygen atoms in total. The summed E-state index contributed by atoms with van der Waals surface area (Å²) in [6.07, 6.45) is 1.71. The van der Waals surface area contributed by atoms with Crippen LogP contribution in [-0.2, 0) is 32.2 Å². The Bertz CT molecular complexity index is 907. The van der Waals surface area contributed by atoms with Gasteiger partial charge in [0.25, 0.3) is 5.91 Å². The van der Waals surface area contributed by atoms with Crippen LogP contribution in [0.3, 0.4) is 0 Å². The highest BCUT2D eigenvalue weighted by molar-refractivity contribution is 5.91. The van der Waals surface area contributed by atoms with E-state index in [1.807, 2.05) is 24.3 Å². The van der Waals surface area contributed by atoms with Crippen LogP contribution in [0.4, 0.5) is 4.39 Å². The summed E-state index contributed by atoms with van der Waals surface area (Å²) in [6, 6.07) is 13.8. The van der Waals surface area contributed by atoms with E-state index in [4.69, 9.17) is 14.2 Å². The van der Waals surface area contributed by atoms with Gasteiger partial charge in [0.15, 0.2) is 5.76 Å². The molecular formula is C24H26FNO5. The van der Waals surface area contributed by atoms with Crippen molar-refractivity contribution in [1.29, 1.82) is 0 Å². The maximum absolute atomic E-state index is 13.4. The van der Waals surface area contributed by atoms with Gasteiger partial charge in [-0.25, -0.2) is 4.39 Å². The largest absolute Gasteiger partial charge is 0.459 e. The molecule has 31 heavy (non-hydrogen) atoms. The van der Waals surface area contributed by atoms with Crippen LogP contribution < -0.4 is 0 Å². The van der Waals surface area contributed by atoms with E-state index in [0.717, 1.165) is 16.7 Å². The number of hydrogen-bond acceptors (Lipinski definition) is 5. The molecule has 4 rings (SSSR count). The Kier molecular flexibility index (Phi) is 6.96. The molecule has 0 aromatic heterocycles. The minimum Gasteiger partial charge on any atom is -0.459 e. The predicted octanol–water partition coefficient (Wildman–Crippen LogP) is 3.11. The molecule has 0 saturated carbocycles. The van der Waals surface area contributed by atoms with E-state index in [0.29, 0.717) is 39.3 Å². The standard InChI is InChI=1S/C24H26FNO5/c25-21-7-5-19(6-8-21)20-13-22(24(28)26-9-11-29-12-10-26)31-23(14-20)30-16-18-3-1-17(15-27)2-4-18/h1-8,13,20,23,27H,9-12,14-16H2/t20-,23+/m0/s1. The lowest BCUT2D eigenvalue weighted by molar-refractivity contribution is -0.158. The van der Waals surface area contributed by atoms with Crippen LogP contribution in [0.25, 0.3) is 0 Å². The quantitative estimate of drug-likeness (QED) is 0.767. The van der Waals surface area contributed by atoms with Gasteiger partial charge in [-0.3, -0.25) is 4.79 Å². The summed E-state index contributed by atoms with van der Waals surface area (Å²) in [5.41, 5.74) is 2.67. The van der Waals surface area contributed by atoms with Crippen molar-refractivity contribution < 1.29 is 28.5 Å². The number of morpholine rings is 1. The number of carbonyl (C=O) groups excluding carboxylic acids is 1. The number of halogens is 1. The molecule has 0 radical (unpaired) electrons. The van der Waals surface area contributed by atoms with E-state index in [2.05, 4.69) is 0 Å². The van der Waals surface area contributed by atoms with Gasteiger partial charge in [-0.15, -0.1) is 0 Å². The van der Waals surface area contributed by atoms with Crippen molar-refractivity contribution in [2.75, 3.05) is 26.3 Å². The molecule has 7 heteroatoms. The minimum absolute atomic E-state index is 0.00989. The SMILES string of the molecule is O=C(C1=C[C@H](c2ccc(F)cc2)C[C@H](OCc2ccc(CO)cc2)O1)N1CCOCC1. The maximum Gasteiger partial charge on any atom is 0.288 e. The van der Waals surface area contributed by atoms with Crippen LogP contribution in [0.1, 0.15) is 29.0 Å². The molecule has 2 aliphatic rings. The van der Waals surface area contributed by atoms with E-state index in [9.17, 15) is 14.3 Å². The van der Waals surface area contributed by atoms with Gasteiger partial charge < -0.3 is 24.2 Å². The molecule has 2 atom stereocenters. The van der Waals surface area contributed by atoms with Crippen molar-refractivity contribution in [2.24, 2.45) is 0 Å². The van der Waals surface area contributed by atoms with Crippen LogP contribution >= 0.6 is 0 Å². The molecular weight excluding hydrogens is 401 g/mol. The number of aliphatic hydroxyl groups excluding tert-OH is 1. The molecule has 1 amide bonds. The fourth-order valence-corrected chi connectivity index (χ4v) is 3.71. The molecule has 0 spiro atoms. The second-order valence-electron chi connectivity index (χ2n) is 7.66. The van der Waals surface area contributed by atoms with Crippen molar-refractivity contribution in [3.63, 3.8) is 0 Å². The first-order valence-electron chi connectivity index (χ1n) is 10.4. The monoisotopic (exact) mass is 427 g/mol. The number of rotatable bonds is 6. The topological polar surface area (TPSA) is 68.2 Å². The van der Waals surface area contributed by atoms with Gasteiger partial charge in [0.05, 0.1) is 26.4 Å². The van der Waals surface area contributed by atoms with Gasteiger partial charge >= 0.3 is 0 Å². The minimum atomic E-state index is -0.613. The summed E-state index contributed by atoms with van der Waals surface area (Å²) in [5.74, 6) is -0.362. The maximum atomic E-state index is 13.4. The van der Waals surface area contributed by atoms with Crippen molar-refractivity contribution in [3.05, 3.63) is 82.9 Å². The molecule has 2 aromatic rings. The molecule has 2 aliphatic heterocycles. The molecule has 0 bridgehead atoms. The molecule has 2 aromatic carbocycles. The highest BCUT2D eigenvalue weighted by Gasteiger charge is 2.31. The Hall–Kier alpha value is -2.74. The summed E-state index contributed by atoms with van der Waals surface area (Å²) in [7, 11) is 0. The number of nitrogens with zero attached hydrogens (tertiary/aromatic N) is 1. The van der Waals surface area contributed by atoms with Crippen molar-refractivity contribution in [1.82, 2.24) is 4.90 Å². The third-order valence-corrected chi connectivity index (χ3v) is 5.51. The van der Waals surface area contributed by atoms with Crippen molar-refractivity contribution >= 4 is 5.91 Å². The normalized spacial score (nSPS) is 21.4. The zero-order valence-corrected chi connectivity index (χ0v) is 17.2. The van der Waals surface area contributed by atoms with E-state index in [1.165, 1.54) is 12.1 Å². The Morgan fingerprint density at radius 3 is 2.42 bits per heavy atom. The zero-order chi connectivity index (χ0) is 21.6. The third kappa shape index (κ3) is 5.50. The van der Waals surface area contributed by atoms with Crippen LogP contribution in [0.2, 0.25) is 0 Å². The molecule has 164 valence electrons. The Morgan fingerprint density at radius 1 is 1.06 bits per heavy atom. The number of benzene rings is 2. The Labute approximate surface area is 180 Å². The second-order valence-corrected chi connectivity index (χ2v) is 7.66. The fourth-order valence-electron chi connectivity index (χ4n) is 3.71. The van der Waals surface area contributed by atoms with Gasteiger partial charge in [-0.2, -0.15) is 0 Å². The number of ether oxygens (including phenoxy) is 3. The van der Waals surface area contributed by atoms with Crippen LogP contribution in [0, 0.1) is 5.82 Å². The number of carbonyl (C=O) groups is 1. The fraction of sp³-hybridized carbons (Fsp3) is 0.375. The smallest absolute Gasteiger partial charge is 0.288 e. The lowest BCUT2D eigenvalue weighted by Crippen LogP contribution is -2.43. The van der Waals surface area contributed by atoms with Crippen LogP contribution in [-0.4, -0.2) is 48.5 Å². The van der Waals surface area contributed by atoms with E-state index >= 15 is 0 Å². The molecule has 0 aliphatic carbocycles. The number of aliphatic hydroxyl groups is 1. The highest BCUT2D eigenvalue weighted by Crippen LogP contribution is 2.32. The summed E-state index contributed by atoms with van der Waals surface area (Å²) in [6.45, 7) is 2.34. The average molecular weight is 427 g/mol. The first kappa shape index (κ1) is 21.5. The molecule has 1 N–H and O–H groups in total. The highest BCUT2D eigenvalue weighted by atomic mass is 19.1. The average Bonchev–Trinajstić information content (AvgIpc) is 2.83. The number of allylic oxidation sites excluding steroid dienone is 1. The Morgan fingerprint density at radius 2 is 1.74 bits per heavy atom. The molecule has 2 heterocycles. The van der Waals surface area contributed by atoms with Crippen LogP contribution in [0.15, 0.2) is 60.4 Å². The van der Waals surface area contributed by atoms with Gasteiger partial charge in [0.2, 0.25) is 6.29 Å². The molecule has 1 fully saturated rings. The number of amides is 1. The molecule has 1 saturated heterocycles. The summed E-state index contributed by atoms with van der Waals surface area (Å²) >= 11 is 0. The number of hydrogen-bond donors (Lipinski definition) is 1. The van der Waals surface area contributed by atoms with E-state index in [-0.39, 0.29) is 30.0 Å². The summed E-state index contributed by atoms with van der Waals surface area (Å²) in [5, 5.41) is 9.18. The lowest BCUT2D eigenvalue weighted by atomic mass is 9.93. The van der Waals surface area contributed by atoms with E-state index < -0.39 is 6.29 Å². The lowest BCUT2D eigenvalue weighted by Gasteiger charge is -2.33. The van der Waals surface area contributed by atoms with Gasteiger partial charge in [0.1, 0.15) is 5.82 Å². The second kappa shape index (κ2) is 10.0. The summed E-state index contributed by atoms with van der Waals surface area (Å²) in [4.78, 5) is 14.7. The third-order valence-electron chi connectivity index (χ3n) is 5.51. The van der Waals surface area contributed by atoms with Gasteiger partial charge in [-0.05, 0) is 34.9 Å². The molecule has 0 unspecified atom stereocenters. The summed E-state index contributed by atoms with van der Waals surface area (Å²) < 4.78 is 30.6. The van der Waals surface area contributed by atoms with Gasteiger partial charge in [0, 0.05) is 25.4 Å². The zero-order valence-electron chi connectivity index (χ0n) is 17.2. The van der Waals surface area contributed by atoms with Gasteiger partial charge in [-0.1, -0.05) is 36.4 Å². The first-order valence-corrected chi connectivity index (χ1v) is 10.4. The van der Waals surface area contributed by atoms with Crippen molar-refractivity contribution in [2.45, 2.75) is 31.8 Å². The van der Waals surface area contributed by atoms with Crippen LogP contribution in [0.5, 0.6) is 0 Å². The van der Waals surface area contributed by atoms with E-state index in [1.54, 1.807) is 23.1 Å². The van der Waals surface area contributed by atoms with Crippen molar-refractivity contribution in [3.8, 4) is 0 Å². The Balaban J connectivity index is 1.49. The predicted molar refractivity (Wildman–Crippen MR) is 111 cm³/mol. The first-order chi connectivity index (χ1) is 15.1.